The minimum atomic E-state index is -0.527. The van der Waals surface area contributed by atoms with E-state index in [1.165, 1.54) is 11.1 Å². The predicted octanol–water partition coefficient (Wildman–Crippen LogP) is 13.9. The van der Waals surface area contributed by atoms with Gasteiger partial charge in [-0.3, -0.25) is 0 Å². The lowest BCUT2D eigenvalue weighted by molar-refractivity contribution is 0.0467. The van der Waals surface area contributed by atoms with Crippen LogP contribution >= 0.6 is 0 Å². The average molecular weight is 1080 g/mol. The van der Waals surface area contributed by atoms with E-state index in [0.717, 1.165) is 82.1 Å². The lowest BCUT2D eigenvalue weighted by Gasteiger charge is -2.16. The van der Waals surface area contributed by atoms with Gasteiger partial charge in [-0.2, -0.15) is 0 Å². The molecule has 6 aromatic carbocycles. The number of methoxy groups -OCH3 is 6. The van der Waals surface area contributed by atoms with Gasteiger partial charge in [0.05, 0.1) is 78.3 Å². The molecular weight excluding hydrogens is 1010 g/mol. The highest BCUT2D eigenvalue weighted by Gasteiger charge is 2.26. The Kier molecular flexibility index (Phi) is 17.1. The van der Waals surface area contributed by atoms with E-state index in [4.69, 9.17) is 47.9 Å². The summed E-state index contributed by atoms with van der Waals surface area (Å²) in [5.41, 5.74) is 9.33. The standard InChI is InChI=1S/C66H66N4O10/c1-73-55-37-45(38-56(74-2)63(55)77-5)59-61-49(47-29-15-17-31-53(47)69(61)33-21-27-43-23-11-9-12-24-43)41-51(67-59)65(71)79-35-19-7-8-20-36-80-66(72)52-42-50-48-30-16-18-32-54(48)70(34-22-28-44-25-13-10-14-26-44)62(50)60(68-52)46-39-57(75-3)64(78-6)58(40-46)76-4/h9-18,23-26,29-32,37-42H,7-8,19-22,27-28,33-36H2,1-6H3. The van der Waals surface area contributed by atoms with E-state index in [9.17, 15) is 9.59 Å². The molecule has 14 heteroatoms. The lowest BCUT2D eigenvalue weighted by Crippen LogP contribution is -2.11. The van der Waals surface area contributed by atoms with Crippen LogP contribution in [-0.2, 0) is 35.4 Å². The third-order valence-electron chi connectivity index (χ3n) is 14.7. The van der Waals surface area contributed by atoms with E-state index in [-0.39, 0.29) is 24.6 Å². The molecule has 410 valence electrons. The molecule has 0 spiro atoms. The van der Waals surface area contributed by atoms with Gasteiger partial charge in [0.2, 0.25) is 11.5 Å². The van der Waals surface area contributed by atoms with Crippen molar-refractivity contribution in [1.82, 2.24) is 19.1 Å². The highest BCUT2D eigenvalue weighted by Crippen LogP contribution is 2.46. The molecule has 0 amide bonds. The number of pyridine rings is 2. The van der Waals surface area contributed by atoms with Crippen LogP contribution < -0.4 is 28.4 Å². The van der Waals surface area contributed by atoms with Crippen LogP contribution in [0.5, 0.6) is 34.5 Å². The van der Waals surface area contributed by atoms with Crippen LogP contribution in [0.4, 0.5) is 0 Å². The molecule has 0 N–H and O–H groups in total. The first-order valence-electron chi connectivity index (χ1n) is 27.1. The Bertz CT molecular complexity index is 3520. The van der Waals surface area contributed by atoms with Crippen LogP contribution in [0, 0.1) is 0 Å². The summed E-state index contributed by atoms with van der Waals surface area (Å²) >= 11 is 0. The number of unbranched alkanes of at least 4 members (excludes halogenated alkanes) is 3. The van der Waals surface area contributed by atoms with Crippen molar-refractivity contribution in [3.8, 4) is 57.0 Å². The molecule has 0 aliphatic rings. The van der Waals surface area contributed by atoms with Crippen molar-refractivity contribution in [3.63, 3.8) is 0 Å². The highest BCUT2D eigenvalue weighted by atomic mass is 16.5. The first kappa shape index (κ1) is 54.3. The maximum absolute atomic E-state index is 14.1. The van der Waals surface area contributed by atoms with Gasteiger partial charge in [-0.1, -0.05) is 97.1 Å². The molecule has 0 fully saturated rings. The molecule has 0 saturated heterocycles. The van der Waals surface area contributed by atoms with Gasteiger partial charge in [-0.25, -0.2) is 19.6 Å². The van der Waals surface area contributed by atoms with Crippen LogP contribution in [0.15, 0.2) is 146 Å². The molecule has 0 aliphatic carbocycles. The fraction of sp³-hybridized carbons (Fsp3) is 0.273. The maximum atomic E-state index is 14.1. The number of hydrogen-bond acceptors (Lipinski definition) is 12. The smallest absolute Gasteiger partial charge is 0.356 e. The van der Waals surface area contributed by atoms with Crippen molar-refractivity contribution < 1.29 is 47.5 Å². The van der Waals surface area contributed by atoms with E-state index in [0.29, 0.717) is 82.9 Å². The van der Waals surface area contributed by atoms with Gasteiger partial charge in [0.15, 0.2) is 23.0 Å². The molecule has 0 atom stereocenters. The Morgan fingerprint density at radius 2 is 0.762 bits per heavy atom. The molecule has 0 bridgehead atoms. The number of esters is 2. The molecule has 0 unspecified atom stereocenters. The van der Waals surface area contributed by atoms with Crippen molar-refractivity contribution in [2.45, 2.75) is 64.5 Å². The van der Waals surface area contributed by atoms with Crippen molar-refractivity contribution in [3.05, 3.63) is 168 Å². The summed E-state index contributed by atoms with van der Waals surface area (Å²) in [5.74, 6) is 1.73. The molecule has 4 aromatic heterocycles. The predicted molar refractivity (Wildman–Crippen MR) is 313 cm³/mol. The zero-order chi connectivity index (χ0) is 55.5. The summed E-state index contributed by atoms with van der Waals surface area (Å²) in [6.45, 7) is 1.81. The van der Waals surface area contributed by atoms with Crippen LogP contribution in [0.2, 0.25) is 0 Å². The van der Waals surface area contributed by atoms with Gasteiger partial charge in [-0.15, -0.1) is 0 Å². The van der Waals surface area contributed by atoms with E-state index < -0.39 is 11.9 Å². The molecule has 4 heterocycles. The normalized spacial score (nSPS) is 11.3. The number of aryl methyl sites for hydroxylation is 4. The second kappa shape index (κ2) is 25.2. The second-order valence-electron chi connectivity index (χ2n) is 19.5. The monoisotopic (exact) mass is 1070 g/mol. The third kappa shape index (κ3) is 11.3. The number of carbonyl (C=O) groups is 2. The topological polar surface area (TPSA) is 144 Å². The van der Waals surface area contributed by atoms with Gasteiger partial charge in [0, 0.05) is 56.8 Å². The molecule has 10 rings (SSSR count). The van der Waals surface area contributed by atoms with Gasteiger partial charge in [0.25, 0.3) is 0 Å². The number of carbonyl (C=O) groups excluding carboxylic acids is 2. The number of rotatable bonds is 25. The molecule has 80 heavy (non-hydrogen) atoms. The summed E-state index contributed by atoms with van der Waals surface area (Å²) in [6.07, 6.45) is 6.25. The summed E-state index contributed by atoms with van der Waals surface area (Å²) in [5, 5.41) is 3.77. The first-order chi connectivity index (χ1) is 39.3. The van der Waals surface area contributed by atoms with Crippen molar-refractivity contribution >= 4 is 55.6 Å². The fourth-order valence-corrected chi connectivity index (χ4v) is 10.9. The van der Waals surface area contributed by atoms with Gasteiger partial charge < -0.3 is 47.0 Å². The van der Waals surface area contributed by atoms with Crippen molar-refractivity contribution in [1.29, 1.82) is 0 Å². The van der Waals surface area contributed by atoms with Crippen molar-refractivity contribution in [2.24, 2.45) is 0 Å². The Morgan fingerprint density at radius 3 is 1.12 bits per heavy atom. The van der Waals surface area contributed by atoms with Gasteiger partial charge in [-0.05, 0) is 111 Å². The van der Waals surface area contributed by atoms with E-state index in [1.54, 1.807) is 42.7 Å². The number of ether oxygens (including phenoxy) is 8. The maximum Gasteiger partial charge on any atom is 0.356 e. The van der Waals surface area contributed by atoms with Crippen LogP contribution in [0.3, 0.4) is 0 Å². The zero-order valence-corrected chi connectivity index (χ0v) is 46.2. The van der Waals surface area contributed by atoms with Gasteiger partial charge in [0.1, 0.15) is 11.4 Å². The van der Waals surface area contributed by atoms with Gasteiger partial charge >= 0.3 is 11.9 Å². The lowest BCUT2D eigenvalue weighted by atomic mass is 10.0. The minimum absolute atomic E-state index is 0.187. The second-order valence-corrected chi connectivity index (χ2v) is 19.5. The van der Waals surface area contributed by atoms with Crippen molar-refractivity contribution in [2.75, 3.05) is 55.9 Å². The van der Waals surface area contributed by atoms with Crippen LogP contribution in [0.25, 0.3) is 66.1 Å². The van der Waals surface area contributed by atoms with Crippen LogP contribution in [0.1, 0.15) is 70.6 Å². The Morgan fingerprint density at radius 1 is 0.400 bits per heavy atom. The number of aromatic nitrogens is 4. The Labute approximate surface area is 465 Å². The minimum Gasteiger partial charge on any atom is -0.493 e. The first-order valence-corrected chi connectivity index (χ1v) is 27.1. The summed E-state index contributed by atoms with van der Waals surface area (Å²) in [7, 11) is 9.45. The van der Waals surface area contributed by atoms with Crippen LogP contribution in [-0.4, -0.2) is 86.9 Å². The fourth-order valence-electron chi connectivity index (χ4n) is 10.9. The number of benzene rings is 6. The average Bonchev–Trinajstić information content (AvgIpc) is 4.23. The molecule has 0 saturated carbocycles. The van der Waals surface area contributed by atoms with E-state index in [1.807, 2.05) is 72.8 Å². The molecule has 14 nitrogen and oxygen atoms in total. The summed E-state index contributed by atoms with van der Waals surface area (Å²) in [4.78, 5) is 38.2. The van der Waals surface area contributed by atoms with E-state index >= 15 is 0 Å². The number of para-hydroxylation sites is 2. The molecule has 0 radical (unpaired) electrons. The Balaban J connectivity index is 0.840. The molecular formula is C66H66N4O10. The number of fused-ring (bicyclic) bond motifs is 6. The largest absolute Gasteiger partial charge is 0.493 e. The number of hydrogen-bond donors (Lipinski definition) is 0. The molecule has 10 aromatic rings. The Hall–Kier alpha value is -9.04. The quantitative estimate of drug-likeness (QED) is 0.0397. The summed E-state index contributed by atoms with van der Waals surface area (Å²) < 4.78 is 50.9. The highest BCUT2D eigenvalue weighted by molar-refractivity contribution is 6.15. The third-order valence-corrected chi connectivity index (χ3v) is 14.7. The summed E-state index contributed by atoms with van der Waals surface area (Å²) in [6, 6.07) is 48.5. The molecule has 0 aliphatic heterocycles. The SMILES string of the molecule is COc1cc(-c2nc(C(=O)OCCCCCCOC(=O)c3cc4c5ccccc5n(CCCc5ccccc5)c4c(-c4cc(OC)c(OC)c(OC)c4)n3)cc3c4ccccc4n(CCCc4ccccc4)c23)cc(OC)c1OC. The zero-order valence-electron chi connectivity index (χ0n) is 46.2. The van der Waals surface area contributed by atoms with E-state index in [2.05, 4.69) is 81.9 Å². The number of nitrogens with zero attached hydrogens (tertiary/aromatic N) is 4.